The van der Waals surface area contributed by atoms with Gasteiger partial charge in [-0.3, -0.25) is 4.79 Å². The van der Waals surface area contributed by atoms with E-state index in [1.54, 1.807) is 0 Å². The number of hydrogen-bond donors (Lipinski definition) is 2. The van der Waals surface area contributed by atoms with Crippen LogP contribution >= 0.6 is 0 Å². The molecule has 2 rings (SSSR count). The molecule has 0 saturated heterocycles. The largest absolute Gasteiger partial charge is 0.488 e. The van der Waals surface area contributed by atoms with Gasteiger partial charge in [0.2, 0.25) is 5.91 Å². The Kier molecular flexibility index (Phi) is 4.96. The lowest BCUT2D eigenvalue weighted by atomic mass is 10.0. The number of fused-ring (bicyclic) bond motifs is 1. The molecule has 2 N–H and O–H groups in total. The highest BCUT2D eigenvalue weighted by atomic mass is 16.5. The van der Waals surface area contributed by atoms with E-state index in [-0.39, 0.29) is 30.7 Å². The molecule has 1 amide bonds. The number of nitrogens with zero attached hydrogens (tertiary/aromatic N) is 1. The molecule has 1 heterocycles. The number of ether oxygens (including phenoxy) is 1. The number of likely N-dealkylation sites (N-methyl/N-ethyl adjacent to an activating group) is 1. The normalized spacial score (nSPS) is 19.0. The summed E-state index contributed by atoms with van der Waals surface area (Å²) in [4.78, 5) is 13.8. The Morgan fingerprint density at radius 2 is 2.18 bits per heavy atom. The SMILES string of the molecule is CCC(C)(C)Oc1ccc2c(c1)N(C)CC(=O)NC(CO)C2. The average Bonchev–Trinajstić information content (AvgIpc) is 2.46. The molecule has 0 saturated carbocycles. The summed E-state index contributed by atoms with van der Waals surface area (Å²) in [6, 6.07) is 5.73. The van der Waals surface area contributed by atoms with E-state index in [1.165, 1.54) is 0 Å². The van der Waals surface area contributed by atoms with Crippen molar-refractivity contribution < 1.29 is 14.6 Å². The number of carbonyl (C=O) groups excluding carboxylic acids is 1. The second-order valence-electron chi connectivity index (χ2n) is 6.51. The van der Waals surface area contributed by atoms with E-state index in [4.69, 9.17) is 4.74 Å². The molecular formula is C17H26N2O3. The molecule has 5 heteroatoms. The van der Waals surface area contributed by atoms with E-state index in [9.17, 15) is 9.90 Å². The van der Waals surface area contributed by atoms with E-state index in [0.29, 0.717) is 6.42 Å². The van der Waals surface area contributed by atoms with E-state index >= 15 is 0 Å². The van der Waals surface area contributed by atoms with Gasteiger partial charge in [0.15, 0.2) is 0 Å². The molecule has 1 atom stereocenters. The van der Waals surface area contributed by atoms with Gasteiger partial charge in [0.05, 0.1) is 19.2 Å². The Bertz CT molecular complexity index is 543. The number of rotatable bonds is 4. The van der Waals surface area contributed by atoms with Gasteiger partial charge in [-0.15, -0.1) is 0 Å². The highest BCUT2D eigenvalue weighted by Gasteiger charge is 2.23. The Hall–Kier alpha value is -1.75. The van der Waals surface area contributed by atoms with Gasteiger partial charge in [0.25, 0.3) is 0 Å². The van der Waals surface area contributed by atoms with Crippen molar-refractivity contribution in [2.75, 3.05) is 25.1 Å². The van der Waals surface area contributed by atoms with Crippen LogP contribution in [0.5, 0.6) is 5.75 Å². The first kappa shape index (κ1) is 16.6. The van der Waals surface area contributed by atoms with Crippen LogP contribution in [0, 0.1) is 0 Å². The number of anilines is 1. The minimum absolute atomic E-state index is 0.0595. The average molecular weight is 306 g/mol. The van der Waals surface area contributed by atoms with Gasteiger partial charge in [-0.2, -0.15) is 0 Å². The predicted octanol–water partition coefficient (Wildman–Crippen LogP) is 1.72. The summed E-state index contributed by atoms with van der Waals surface area (Å²) in [5.41, 5.74) is 1.86. The number of hydrogen-bond acceptors (Lipinski definition) is 4. The minimum atomic E-state index is -0.237. The first-order valence-corrected chi connectivity index (χ1v) is 7.78. The fourth-order valence-corrected chi connectivity index (χ4v) is 2.53. The Morgan fingerprint density at radius 1 is 1.45 bits per heavy atom. The number of carbonyl (C=O) groups is 1. The second-order valence-corrected chi connectivity index (χ2v) is 6.51. The summed E-state index contributed by atoms with van der Waals surface area (Å²) in [7, 11) is 1.90. The number of nitrogens with one attached hydrogen (secondary N) is 1. The van der Waals surface area contributed by atoms with Crippen molar-refractivity contribution in [1.82, 2.24) is 5.32 Å². The van der Waals surface area contributed by atoms with Crippen LogP contribution in [-0.2, 0) is 11.2 Å². The fraction of sp³-hybridized carbons (Fsp3) is 0.588. The van der Waals surface area contributed by atoms with Gasteiger partial charge in [-0.1, -0.05) is 13.0 Å². The molecule has 0 spiro atoms. The molecule has 5 nitrogen and oxygen atoms in total. The van der Waals surface area contributed by atoms with E-state index in [2.05, 4.69) is 26.1 Å². The van der Waals surface area contributed by atoms with Gasteiger partial charge in [0, 0.05) is 18.8 Å². The zero-order valence-corrected chi connectivity index (χ0v) is 13.8. The van der Waals surface area contributed by atoms with Crippen LogP contribution in [0.3, 0.4) is 0 Å². The van der Waals surface area contributed by atoms with Crippen LogP contribution < -0.4 is 15.0 Å². The van der Waals surface area contributed by atoms with Crippen molar-refractivity contribution in [3.05, 3.63) is 23.8 Å². The van der Waals surface area contributed by atoms with E-state index < -0.39 is 0 Å². The Labute approximate surface area is 132 Å². The van der Waals surface area contributed by atoms with Crippen LogP contribution in [0.4, 0.5) is 5.69 Å². The van der Waals surface area contributed by atoms with Crippen molar-refractivity contribution in [3.63, 3.8) is 0 Å². The molecule has 0 aromatic heterocycles. The Balaban J connectivity index is 2.32. The molecule has 1 aliphatic heterocycles. The lowest BCUT2D eigenvalue weighted by Crippen LogP contribution is -2.46. The molecule has 0 radical (unpaired) electrons. The minimum Gasteiger partial charge on any atom is -0.488 e. The van der Waals surface area contributed by atoms with Crippen LogP contribution in [-0.4, -0.2) is 42.9 Å². The maximum absolute atomic E-state index is 11.9. The van der Waals surface area contributed by atoms with E-state index in [0.717, 1.165) is 23.4 Å². The van der Waals surface area contributed by atoms with E-state index in [1.807, 2.05) is 30.1 Å². The third-order valence-corrected chi connectivity index (χ3v) is 4.15. The van der Waals surface area contributed by atoms with Crippen molar-refractivity contribution >= 4 is 11.6 Å². The smallest absolute Gasteiger partial charge is 0.239 e. The predicted molar refractivity (Wildman–Crippen MR) is 87.4 cm³/mol. The summed E-state index contributed by atoms with van der Waals surface area (Å²) < 4.78 is 6.04. The zero-order valence-electron chi connectivity index (χ0n) is 13.8. The molecule has 0 aliphatic carbocycles. The van der Waals surface area contributed by atoms with Crippen LogP contribution in [0.25, 0.3) is 0 Å². The molecule has 1 aliphatic rings. The standard InChI is InChI=1S/C17H26N2O3/c1-5-17(2,3)22-14-7-6-12-8-13(11-20)18-16(21)10-19(4)15(12)9-14/h6-7,9,13,20H,5,8,10-11H2,1-4H3,(H,18,21). The molecular weight excluding hydrogens is 280 g/mol. The number of amides is 1. The Morgan fingerprint density at radius 3 is 2.82 bits per heavy atom. The van der Waals surface area contributed by atoms with Gasteiger partial charge in [-0.05, 0) is 38.3 Å². The number of benzene rings is 1. The molecule has 22 heavy (non-hydrogen) atoms. The number of aliphatic hydroxyl groups excluding tert-OH is 1. The van der Waals surface area contributed by atoms with Gasteiger partial charge >= 0.3 is 0 Å². The molecule has 1 aromatic rings. The van der Waals surface area contributed by atoms with Crippen molar-refractivity contribution in [3.8, 4) is 5.75 Å². The molecule has 0 fully saturated rings. The molecule has 1 unspecified atom stereocenters. The second kappa shape index (κ2) is 6.57. The van der Waals surface area contributed by atoms with Crippen LogP contribution in [0.15, 0.2) is 18.2 Å². The highest BCUT2D eigenvalue weighted by molar-refractivity contribution is 5.82. The molecule has 122 valence electrons. The lowest BCUT2D eigenvalue weighted by molar-refractivity contribution is -0.120. The van der Waals surface area contributed by atoms with Gasteiger partial charge in [0.1, 0.15) is 11.4 Å². The van der Waals surface area contributed by atoms with Crippen molar-refractivity contribution in [2.24, 2.45) is 0 Å². The van der Waals surface area contributed by atoms with Crippen molar-refractivity contribution in [1.29, 1.82) is 0 Å². The van der Waals surface area contributed by atoms with Gasteiger partial charge < -0.3 is 20.1 Å². The summed E-state index contributed by atoms with van der Waals surface area (Å²) in [6.45, 7) is 6.42. The van der Waals surface area contributed by atoms with Crippen LogP contribution in [0.1, 0.15) is 32.8 Å². The summed E-state index contributed by atoms with van der Waals surface area (Å²) in [6.07, 6.45) is 1.52. The summed E-state index contributed by atoms with van der Waals surface area (Å²) in [5.74, 6) is 0.728. The molecule has 0 bridgehead atoms. The molecule has 1 aromatic carbocycles. The summed E-state index contributed by atoms with van der Waals surface area (Å²) in [5, 5.41) is 12.2. The number of aliphatic hydroxyl groups is 1. The quantitative estimate of drug-likeness (QED) is 0.889. The monoisotopic (exact) mass is 306 g/mol. The summed E-state index contributed by atoms with van der Waals surface area (Å²) >= 11 is 0. The third-order valence-electron chi connectivity index (χ3n) is 4.15. The topological polar surface area (TPSA) is 61.8 Å². The highest BCUT2D eigenvalue weighted by Crippen LogP contribution is 2.30. The maximum Gasteiger partial charge on any atom is 0.239 e. The zero-order chi connectivity index (χ0) is 16.3. The lowest BCUT2D eigenvalue weighted by Gasteiger charge is -2.30. The van der Waals surface area contributed by atoms with Gasteiger partial charge in [-0.25, -0.2) is 0 Å². The third kappa shape index (κ3) is 3.91. The van der Waals surface area contributed by atoms with Crippen molar-refractivity contribution in [2.45, 2.75) is 45.3 Å². The fourth-order valence-electron chi connectivity index (χ4n) is 2.53. The van der Waals surface area contributed by atoms with Crippen LogP contribution in [0.2, 0.25) is 0 Å². The first-order chi connectivity index (χ1) is 10.3. The maximum atomic E-state index is 11.9. The first-order valence-electron chi connectivity index (χ1n) is 7.78.